The number of para-hydroxylation sites is 1. The van der Waals surface area contributed by atoms with E-state index in [1.807, 2.05) is 4.90 Å². The maximum absolute atomic E-state index is 14.0. The summed E-state index contributed by atoms with van der Waals surface area (Å²) in [5.74, 6) is -0.0617. The molecular weight excluding hydrogens is 447 g/mol. The van der Waals surface area contributed by atoms with E-state index < -0.39 is 17.6 Å². The summed E-state index contributed by atoms with van der Waals surface area (Å²) in [5.41, 5.74) is 0.548. The quantitative estimate of drug-likeness (QED) is 0.453. The summed E-state index contributed by atoms with van der Waals surface area (Å²) in [5, 5.41) is 2.68. The molecular formula is C24H20F3N5O2. The molecule has 7 nitrogen and oxygen atoms in total. The maximum atomic E-state index is 14.0. The number of pyridine rings is 1. The molecule has 34 heavy (non-hydrogen) atoms. The number of aromatic nitrogens is 3. The second-order valence-electron chi connectivity index (χ2n) is 7.78. The van der Waals surface area contributed by atoms with Crippen LogP contribution in [0.15, 0.2) is 60.8 Å². The number of halogens is 3. The molecule has 0 radical (unpaired) electrons. The van der Waals surface area contributed by atoms with Crippen LogP contribution in [0.2, 0.25) is 0 Å². The van der Waals surface area contributed by atoms with E-state index in [9.17, 15) is 18.0 Å². The van der Waals surface area contributed by atoms with Crippen LogP contribution in [0, 0.1) is 0 Å². The molecule has 0 bridgehead atoms. The van der Waals surface area contributed by atoms with Gasteiger partial charge in [0, 0.05) is 30.5 Å². The zero-order chi connectivity index (χ0) is 23.7. The van der Waals surface area contributed by atoms with Gasteiger partial charge in [0.15, 0.2) is 0 Å². The second kappa shape index (κ2) is 8.79. The molecule has 0 saturated carbocycles. The van der Waals surface area contributed by atoms with Gasteiger partial charge in [0.25, 0.3) is 5.91 Å². The van der Waals surface area contributed by atoms with Crippen molar-refractivity contribution in [2.75, 3.05) is 36.5 Å². The largest absolute Gasteiger partial charge is 0.417 e. The second-order valence-corrected chi connectivity index (χ2v) is 7.78. The number of H-pyrrole nitrogens is 1. The summed E-state index contributed by atoms with van der Waals surface area (Å²) in [6.07, 6.45) is -3.04. The first-order chi connectivity index (χ1) is 16.4. The van der Waals surface area contributed by atoms with Crippen LogP contribution in [-0.4, -0.2) is 47.2 Å². The highest BCUT2D eigenvalue weighted by molar-refractivity contribution is 6.11. The van der Waals surface area contributed by atoms with E-state index in [1.165, 1.54) is 6.07 Å². The molecule has 0 aliphatic carbocycles. The Labute approximate surface area is 192 Å². The molecule has 0 spiro atoms. The molecule has 1 fully saturated rings. The third-order valence-corrected chi connectivity index (χ3v) is 5.60. The summed E-state index contributed by atoms with van der Waals surface area (Å²) in [7, 11) is 0. The third-order valence-electron chi connectivity index (χ3n) is 5.60. The summed E-state index contributed by atoms with van der Waals surface area (Å²) < 4.78 is 47.4. The molecule has 2 aromatic carbocycles. The molecule has 2 N–H and O–H groups in total. The number of hydrogen-bond acceptors (Lipinski definition) is 5. The third kappa shape index (κ3) is 4.32. The molecule has 1 amide bonds. The molecule has 1 aliphatic heterocycles. The Balaban J connectivity index is 1.54. The molecule has 2 aromatic heterocycles. The molecule has 174 valence electrons. The number of ether oxygens (including phenoxy) is 1. The number of carbonyl (C=O) groups is 1. The number of alkyl halides is 3. The number of hydrogen-bond donors (Lipinski definition) is 2. The number of rotatable bonds is 4. The van der Waals surface area contributed by atoms with Gasteiger partial charge in [-0.1, -0.05) is 12.1 Å². The minimum absolute atomic E-state index is 0.0361. The van der Waals surface area contributed by atoms with Crippen molar-refractivity contribution < 1.29 is 22.7 Å². The lowest BCUT2D eigenvalue weighted by molar-refractivity contribution is -0.137. The average molecular weight is 467 g/mol. The van der Waals surface area contributed by atoms with E-state index in [0.29, 0.717) is 43.3 Å². The highest BCUT2D eigenvalue weighted by Crippen LogP contribution is 2.39. The standard InChI is InChI=1S/C24H20F3N5O2/c25-24(26,27)18-14-15(32-10-12-34-13-11-32)7-8-16(18)22-29-19-5-3-4-17(21(19)31-22)23(33)30-20-6-1-2-9-28-20/h1-9,14H,10-13H2,(H,29,31)(H,28,30,33). The number of carbonyl (C=O) groups excluding carboxylic acids is 1. The van der Waals surface area contributed by atoms with Crippen LogP contribution in [-0.2, 0) is 10.9 Å². The Morgan fingerprint density at radius 1 is 1.06 bits per heavy atom. The fourth-order valence-electron chi connectivity index (χ4n) is 3.95. The number of fused-ring (bicyclic) bond motifs is 1. The van der Waals surface area contributed by atoms with Crippen molar-refractivity contribution in [2.45, 2.75) is 6.18 Å². The van der Waals surface area contributed by atoms with Gasteiger partial charge in [0.1, 0.15) is 17.2 Å². The number of morpholine rings is 1. The monoisotopic (exact) mass is 467 g/mol. The number of aromatic amines is 1. The van der Waals surface area contributed by atoms with Gasteiger partial charge in [-0.3, -0.25) is 4.79 Å². The van der Waals surface area contributed by atoms with E-state index in [1.54, 1.807) is 48.7 Å². The predicted octanol–water partition coefficient (Wildman–Crippen LogP) is 4.73. The van der Waals surface area contributed by atoms with Crippen LogP contribution in [0.1, 0.15) is 15.9 Å². The molecule has 10 heteroatoms. The topological polar surface area (TPSA) is 83.1 Å². The maximum Gasteiger partial charge on any atom is 0.417 e. The average Bonchev–Trinajstić information content (AvgIpc) is 3.28. The summed E-state index contributed by atoms with van der Waals surface area (Å²) in [6.45, 7) is 1.98. The molecule has 0 unspecified atom stereocenters. The van der Waals surface area contributed by atoms with Crippen molar-refractivity contribution in [1.29, 1.82) is 0 Å². The van der Waals surface area contributed by atoms with Gasteiger partial charge in [-0.2, -0.15) is 13.2 Å². The van der Waals surface area contributed by atoms with Crippen molar-refractivity contribution >= 4 is 28.4 Å². The molecule has 1 saturated heterocycles. The summed E-state index contributed by atoms with van der Waals surface area (Å²) in [4.78, 5) is 26.1. The minimum atomic E-state index is -4.59. The van der Waals surface area contributed by atoms with E-state index in [2.05, 4.69) is 20.3 Å². The number of amides is 1. The van der Waals surface area contributed by atoms with Gasteiger partial charge in [-0.25, -0.2) is 9.97 Å². The zero-order valence-electron chi connectivity index (χ0n) is 17.9. The molecule has 1 aliphatic rings. The van der Waals surface area contributed by atoms with Gasteiger partial charge < -0.3 is 19.9 Å². The predicted molar refractivity (Wildman–Crippen MR) is 122 cm³/mol. The van der Waals surface area contributed by atoms with E-state index in [4.69, 9.17) is 4.74 Å². The molecule has 3 heterocycles. The molecule has 0 atom stereocenters. The lowest BCUT2D eigenvalue weighted by Gasteiger charge is -2.29. The lowest BCUT2D eigenvalue weighted by Crippen LogP contribution is -2.36. The van der Waals surface area contributed by atoms with E-state index in [-0.39, 0.29) is 22.5 Å². The van der Waals surface area contributed by atoms with Crippen molar-refractivity contribution in [2.24, 2.45) is 0 Å². The van der Waals surface area contributed by atoms with E-state index >= 15 is 0 Å². The van der Waals surface area contributed by atoms with Gasteiger partial charge in [-0.15, -0.1) is 0 Å². The molecule has 4 aromatic rings. The number of imidazole rings is 1. The zero-order valence-corrected chi connectivity index (χ0v) is 17.9. The van der Waals surface area contributed by atoms with Gasteiger partial charge in [-0.05, 0) is 42.5 Å². The fraction of sp³-hybridized carbons (Fsp3) is 0.208. The van der Waals surface area contributed by atoms with Gasteiger partial charge >= 0.3 is 6.18 Å². The summed E-state index contributed by atoms with van der Waals surface area (Å²) in [6, 6.07) is 14.2. The Morgan fingerprint density at radius 2 is 1.88 bits per heavy atom. The fourth-order valence-corrected chi connectivity index (χ4v) is 3.95. The Bertz CT molecular complexity index is 1330. The van der Waals surface area contributed by atoms with Crippen LogP contribution < -0.4 is 10.2 Å². The normalized spacial score (nSPS) is 14.4. The van der Waals surface area contributed by atoms with Crippen LogP contribution in [0.5, 0.6) is 0 Å². The first-order valence-electron chi connectivity index (χ1n) is 10.7. The smallest absolute Gasteiger partial charge is 0.378 e. The summed E-state index contributed by atoms with van der Waals surface area (Å²) >= 11 is 0. The Hall–Kier alpha value is -3.92. The van der Waals surface area contributed by atoms with Crippen molar-refractivity contribution in [3.63, 3.8) is 0 Å². The van der Waals surface area contributed by atoms with Gasteiger partial charge in [0.2, 0.25) is 0 Å². The van der Waals surface area contributed by atoms with Crippen LogP contribution >= 0.6 is 0 Å². The Morgan fingerprint density at radius 3 is 2.62 bits per heavy atom. The lowest BCUT2D eigenvalue weighted by atomic mass is 10.0. The number of benzene rings is 2. The first kappa shape index (κ1) is 21.9. The number of anilines is 2. The highest BCUT2D eigenvalue weighted by Gasteiger charge is 2.35. The Kier molecular flexibility index (Phi) is 5.66. The number of nitrogens with zero attached hydrogens (tertiary/aromatic N) is 3. The van der Waals surface area contributed by atoms with Crippen molar-refractivity contribution in [3.8, 4) is 11.4 Å². The SMILES string of the molecule is O=C(Nc1ccccn1)c1cccc2[nH]c(-c3ccc(N4CCOCC4)cc3C(F)(F)F)nc12. The minimum Gasteiger partial charge on any atom is -0.378 e. The molecule has 5 rings (SSSR count). The highest BCUT2D eigenvalue weighted by atomic mass is 19.4. The van der Waals surface area contributed by atoms with Crippen LogP contribution in [0.3, 0.4) is 0 Å². The van der Waals surface area contributed by atoms with Gasteiger partial charge in [0.05, 0.1) is 29.9 Å². The first-order valence-corrected chi connectivity index (χ1v) is 10.7. The van der Waals surface area contributed by atoms with Crippen LogP contribution in [0.4, 0.5) is 24.7 Å². The van der Waals surface area contributed by atoms with Crippen molar-refractivity contribution in [3.05, 3.63) is 71.9 Å². The number of nitrogens with one attached hydrogen (secondary N) is 2. The van der Waals surface area contributed by atoms with E-state index in [0.717, 1.165) is 6.07 Å². The van der Waals surface area contributed by atoms with Crippen molar-refractivity contribution in [1.82, 2.24) is 15.0 Å². The van der Waals surface area contributed by atoms with Crippen LogP contribution in [0.25, 0.3) is 22.4 Å².